The molecule has 0 aliphatic rings. The maximum Gasteiger partial charge on any atom is 0.334 e. The first kappa shape index (κ1) is 12.0. The van der Waals surface area contributed by atoms with Gasteiger partial charge in [-0.05, 0) is 12.1 Å². The highest BCUT2D eigenvalue weighted by Gasteiger charge is 2.08. The number of nitrogens with zero attached hydrogens (tertiary/aromatic N) is 1. The number of carbonyl (C=O) groups is 1. The molecule has 0 aromatic heterocycles. The Balaban J connectivity index is 0.000000791. The topological polar surface area (TPSA) is 89.7 Å². The van der Waals surface area contributed by atoms with Crippen molar-refractivity contribution < 1.29 is 19.8 Å². The summed E-state index contributed by atoms with van der Waals surface area (Å²) < 4.78 is 0. The van der Waals surface area contributed by atoms with Gasteiger partial charge in [0.2, 0.25) is 0 Å². The zero-order chi connectivity index (χ0) is 11.0. The van der Waals surface area contributed by atoms with E-state index in [0.29, 0.717) is 0 Å². The fraction of sp³-hybridized carbons (Fsp3) is 0.125. The van der Waals surface area contributed by atoms with E-state index in [1.165, 1.54) is 12.1 Å². The summed E-state index contributed by atoms with van der Waals surface area (Å²) in [6.45, 7) is 0. The van der Waals surface area contributed by atoms with Gasteiger partial charge in [0.25, 0.3) is 0 Å². The fourth-order valence-electron chi connectivity index (χ4n) is 0.695. The van der Waals surface area contributed by atoms with Crippen LogP contribution in [0, 0.1) is 10.1 Å². The van der Waals surface area contributed by atoms with Crippen LogP contribution in [0.25, 0.3) is 0 Å². The van der Waals surface area contributed by atoms with Gasteiger partial charge in [0, 0.05) is 12.7 Å². The van der Waals surface area contributed by atoms with Crippen LogP contribution in [0.3, 0.4) is 0 Å². The number of hydrogen-bond acceptors (Lipinski definition) is 5. The molecule has 0 fully saturated rings. The summed E-state index contributed by atoms with van der Waals surface area (Å²) in [5.74, 6) is -0.958. The van der Waals surface area contributed by atoms with Gasteiger partial charge in [0.1, 0.15) is 0 Å². The molecule has 1 aromatic rings. The lowest BCUT2D eigenvalue weighted by Crippen LogP contribution is -2.09. The minimum absolute atomic E-state index is 0.161. The van der Waals surface area contributed by atoms with E-state index in [9.17, 15) is 14.9 Å². The number of aliphatic hydroxyl groups is 1. The molecule has 0 saturated heterocycles. The van der Waals surface area contributed by atoms with Crippen LogP contribution in [-0.2, 0) is 4.84 Å². The molecule has 1 N–H and O–H groups in total. The molecule has 0 aliphatic carbocycles. The van der Waals surface area contributed by atoms with E-state index in [0.717, 1.165) is 7.11 Å². The summed E-state index contributed by atoms with van der Waals surface area (Å²) in [7, 11) is 1.00. The lowest BCUT2D eigenvalue weighted by atomic mass is 10.2. The second kappa shape index (κ2) is 6.55. The van der Waals surface area contributed by atoms with Gasteiger partial charge in [-0.15, -0.1) is 10.1 Å². The zero-order valence-corrected chi connectivity index (χ0v) is 7.41. The molecule has 0 aliphatic heterocycles. The minimum atomic E-state index is -1.13. The van der Waals surface area contributed by atoms with Crippen molar-refractivity contribution >= 4 is 5.97 Å². The lowest BCUT2D eigenvalue weighted by Gasteiger charge is -1.95. The maximum absolute atomic E-state index is 10.8. The van der Waals surface area contributed by atoms with Crippen molar-refractivity contribution in [2.45, 2.75) is 0 Å². The van der Waals surface area contributed by atoms with E-state index in [1.54, 1.807) is 18.2 Å². The monoisotopic (exact) mass is 199 g/mol. The van der Waals surface area contributed by atoms with E-state index < -0.39 is 11.1 Å². The molecule has 0 saturated carbocycles. The third-order valence-electron chi connectivity index (χ3n) is 1.17. The second-order valence-electron chi connectivity index (χ2n) is 1.97. The van der Waals surface area contributed by atoms with Crippen LogP contribution < -0.4 is 0 Å². The van der Waals surface area contributed by atoms with Crippen LogP contribution in [0.1, 0.15) is 10.4 Å². The highest BCUT2D eigenvalue weighted by Crippen LogP contribution is 2.00. The molecule has 0 unspecified atom stereocenters. The molecule has 0 heterocycles. The molecular weight excluding hydrogens is 190 g/mol. The number of carbonyl (C=O) groups excluding carboxylic acids is 1. The predicted molar refractivity (Wildman–Crippen MR) is 47.0 cm³/mol. The van der Waals surface area contributed by atoms with Gasteiger partial charge >= 0.3 is 11.1 Å². The van der Waals surface area contributed by atoms with Crippen LogP contribution in [0.5, 0.6) is 0 Å². The first-order chi connectivity index (χ1) is 6.70. The Kier molecular flexibility index (Phi) is 5.64. The molecule has 76 valence electrons. The summed E-state index contributed by atoms with van der Waals surface area (Å²) >= 11 is 0. The van der Waals surface area contributed by atoms with Crippen LogP contribution in [0.15, 0.2) is 30.3 Å². The molecule has 0 amide bonds. The normalized spacial score (nSPS) is 8.14. The molecule has 0 radical (unpaired) electrons. The molecular formula is C8H9NO5. The van der Waals surface area contributed by atoms with Gasteiger partial charge in [-0.1, -0.05) is 18.2 Å². The number of aliphatic hydroxyl groups excluding tert-OH is 1. The summed E-state index contributed by atoms with van der Waals surface area (Å²) in [5.41, 5.74) is 0.161. The summed E-state index contributed by atoms with van der Waals surface area (Å²) in [5, 5.41) is 15.6. The fourth-order valence-corrected chi connectivity index (χ4v) is 0.695. The Morgan fingerprint density at radius 3 is 2.29 bits per heavy atom. The summed E-state index contributed by atoms with van der Waals surface area (Å²) in [4.78, 5) is 24.3. The molecule has 0 bridgehead atoms. The van der Waals surface area contributed by atoms with Crippen LogP contribution in [0.2, 0.25) is 0 Å². The van der Waals surface area contributed by atoms with Crippen molar-refractivity contribution in [3.05, 3.63) is 46.0 Å². The molecule has 0 spiro atoms. The average Bonchev–Trinajstić information content (AvgIpc) is 2.21. The van der Waals surface area contributed by atoms with E-state index in [1.807, 2.05) is 0 Å². The van der Waals surface area contributed by atoms with Gasteiger partial charge in [-0.3, -0.25) is 4.79 Å². The SMILES string of the molecule is CO.O=C(O[N+](=O)[O-])c1ccccc1. The van der Waals surface area contributed by atoms with E-state index in [4.69, 9.17) is 5.11 Å². The van der Waals surface area contributed by atoms with Crippen molar-refractivity contribution in [1.29, 1.82) is 0 Å². The van der Waals surface area contributed by atoms with Crippen molar-refractivity contribution in [3.8, 4) is 0 Å². The minimum Gasteiger partial charge on any atom is -0.400 e. The Morgan fingerprint density at radius 1 is 1.36 bits per heavy atom. The average molecular weight is 199 g/mol. The molecule has 1 rings (SSSR count). The summed E-state index contributed by atoms with van der Waals surface area (Å²) in [6, 6.07) is 7.76. The molecule has 6 heteroatoms. The highest BCUT2D eigenvalue weighted by atomic mass is 17.0. The number of benzene rings is 1. The number of rotatable bonds is 2. The smallest absolute Gasteiger partial charge is 0.334 e. The Labute approximate surface area is 79.8 Å². The third-order valence-corrected chi connectivity index (χ3v) is 1.17. The van der Waals surface area contributed by atoms with Gasteiger partial charge in [-0.25, -0.2) is 4.84 Å². The molecule has 6 nitrogen and oxygen atoms in total. The van der Waals surface area contributed by atoms with E-state index in [-0.39, 0.29) is 5.56 Å². The van der Waals surface area contributed by atoms with Gasteiger partial charge in [0.15, 0.2) is 0 Å². The number of hydrogen-bond donors (Lipinski definition) is 1. The first-order valence-corrected chi connectivity index (χ1v) is 3.56. The second-order valence-corrected chi connectivity index (χ2v) is 1.97. The van der Waals surface area contributed by atoms with Gasteiger partial charge in [-0.2, -0.15) is 0 Å². The van der Waals surface area contributed by atoms with Crippen LogP contribution >= 0.6 is 0 Å². The van der Waals surface area contributed by atoms with Crippen molar-refractivity contribution in [1.82, 2.24) is 0 Å². The van der Waals surface area contributed by atoms with Crippen LogP contribution in [0.4, 0.5) is 0 Å². The first-order valence-electron chi connectivity index (χ1n) is 3.56. The Morgan fingerprint density at radius 2 is 1.86 bits per heavy atom. The van der Waals surface area contributed by atoms with Crippen molar-refractivity contribution in [2.75, 3.05) is 7.11 Å². The molecule has 14 heavy (non-hydrogen) atoms. The van der Waals surface area contributed by atoms with Crippen molar-refractivity contribution in [2.24, 2.45) is 0 Å². The predicted octanol–water partition coefficient (Wildman–Crippen LogP) is 0.644. The quantitative estimate of drug-likeness (QED) is 0.557. The zero-order valence-electron chi connectivity index (χ0n) is 7.41. The standard InChI is InChI=1S/C7H5NO4.CH4O/c9-7(12-8(10)11)6-4-2-1-3-5-6;1-2/h1-5H;2H,1H3. The van der Waals surface area contributed by atoms with Crippen LogP contribution in [-0.4, -0.2) is 23.3 Å². The molecule has 1 aromatic carbocycles. The largest absolute Gasteiger partial charge is 0.400 e. The van der Waals surface area contributed by atoms with E-state index in [2.05, 4.69) is 4.84 Å². The maximum atomic E-state index is 10.8. The van der Waals surface area contributed by atoms with Gasteiger partial charge in [0.05, 0.1) is 0 Å². The molecule has 0 atom stereocenters. The van der Waals surface area contributed by atoms with Gasteiger partial charge < -0.3 is 5.11 Å². The Hall–Kier alpha value is -1.95. The third kappa shape index (κ3) is 4.17. The highest BCUT2D eigenvalue weighted by molar-refractivity contribution is 5.88. The van der Waals surface area contributed by atoms with Crippen molar-refractivity contribution in [3.63, 3.8) is 0 Å². The Bertz CT molecular complexity index is 298. The summed E-state index contributed by atoms with van der Waals surface area (Å²) in [6.07, 6.45) is 0. The lowest BCUT2D eigenvalue weighted by molar-refractivity contribution is -0.727. The van der Waals surface area contributed by atoms with E-state index >= 15 is 0 Å².